The third kappa shape index (κ3) is 2.65. The van der Waals surface area contributed by atoms with E-state index < -0.39 is 0 Å². The minimum absolute atomic E-state index is 0.0646. The van der Waals surface area contributed by atoms with E-state index in [1.165, 1.54) is 12.6 Å². The summed E-state index contributed by atoms with van der Waals surface area (Å²) in [6.45, 7) is 6.31. The molecule has 0 fully saturated rings. The van der Waals surface area contributed by atoms with Crippen molar-refractivity contribution in [1.29, 1.82) is 0 Å². The SMILES string of the molecule is CC(=O)Nc1cccc(Cn2c(C)cc3c2ccc2nnc(C)n23)c1. The van der Waals surface area contributed by atoms with Crippen LogP contribution < -0.4 is 5.32 Å². The molecule has 0 saturated carbocycles. The Morgan fingerprint density at radius 3 is 2.72 bits per heavy atom. The van der Waals surface area contributed by atoms with Crippen LogP contribution in [0.15, 0.2) is 42.5 Å². The molecule has 6 nitrogen and oxygen atoms in total. The van der Waals surface area contributed by atoms with E-state index in [0.717, 1.165) is 40.3 Å². The fraction of sp³-hybridized carbons (Fsp3) is 0.211. The van der Waals surface area contributed by atoms with Crippen molar-refractivity contribution >= 4 is 28.3 Å². The van der Waals surface area contributed by atoms with Gasteiger partial charge in [0.15, 0.2) is 5.65 Å². The number of anilines is 1. The lowest BCUT2D eigenvalue weighted by Gasteiger charge is -2.10. The van der Waals surface area contributed by atoms with E-state index in [0.29, 0.717) is 0 Å². The van der Waals surface area contributed by atoms with Gasteiger partial charge in [0, 0.05) is 24.8 Å². The van der Waals surface area contributed by atoms with E-state index >= 15 is 0 Å². The molecule has 0 atom stereocenters. The molecule has 3 heterocycles. The van der Waals surface area contributed by atoms with Crippen LogP contribution in [0.1, 0.15) is 24.0 Å². The second-order valence-electron chi connectivity index (χ2n) is 6.30. The molecule has 6 heteroatoms. The molecule has 126 valence electrons. The quantitative estimate of drug-likeness (QED) is 0.625. The Morgan fingerprint density at radius 2 is 1.92 bits per heavy atom. The van der Waals surface area contributed by atoms with Gasteiger partial charge < -0.3 is 9.88 Å². The standard InChI is InChI=1S/C19H19N5O/c1-12-9-18-17(7-8-19-22-21-13(2)24(18)19)23(12)11-15-5-4-6-16(10-15)20-14(3)25/h4-10H,11H2,1-3H3,(H,20,25). The molecule has 4 aromatic rings. The van der Waals surface area contributed by atoms with Crippen LogP contribution in [0.3, 0.4) is 0 Å². The molecule has 0 spiro atoms. The molecule has 3 aromatic heterocycles. The number of aromatic nitrogens is 4. The van der Waals surface area contributed by atoms with Gasteiger partial charge in [-0.15, -0.1) is 10.2 Å². The number of carbonyl (C=O) groups excluding carboxylic acids is 1. The molecule has 0 saturated heterocycles. The van der Waals surface area contributed by atoms with Gasteiger partial charge in [-0.2, -0.15) is 0 Å². The summed E-state index contributed by atoms with van der Waals surface area (Å²) in [5.41, 5.74) is 6.22. The number of nitrogens with zero attached hydrogens (tertiary/aromatic N) is 4. The molecule has 1 N–H and O–H groups in total. The van der Waals surface area contributed by atoms with Crippen LogP contribution in [0.2, 0.25) is 0 Å². The number of fused-ring (bicyclic) bond motifs is 3. The van der Waals surface area contributed by atoms with Gasteiger partial charge in [0.05, 0.1) is 11.0 Å². The van der Waals surface area contributed by atoms with Gasteiger partial charge in [-0.05, 0) is 49.7 Å². The molecule has 0 aliphatic carbocycles. The Balaban J connectivity index is 1.79. The average molecular weight is 333 g/mol. The summed E-state index contributed by atoms with van der Waals surface area (Å²) < 4.78 is 4.34. The first kappa shape index (κ1) is 15.4. The molecule has 0 unspecified atom stereocenters. The zero-order valence-electron chi connectivity index (χ0n) is 14.4. The number of hydrogen-bond donors (Lipinski definition) is 1. The largest absolute Gasteiger partial charge is 0.339 e. The van der Waals surface area contributed by atoms with Gasteiger partial charge in [-0.1, -0.05) is 12.1 Å². The smallest absolute Gasteiger partial charge is 0.221 e. The highest BCUT2D eigenvalue weighted by Crippen LogP contribution is 2.23. The molecule has 4 rings (SSSR count). The highest BCUT2D eigenvalue weighted by molar-refractivity contribution is 5.88. The lowest BCUT2D eigenvalue weighted by molar-refractivity contribution is -0.114. The molecule has 1 aromatic carbocycles. The van der Waals surface area contributed by atoms with Crippen molar-refractivity contribution in [1.82, 2.24) is 19.2 Å². The van der Waals surface area contributed by atoms with Crippen LogP contribution in [0.5, 0.6) is 0 Å². The molecule has 0 radical (unpaired) electrons. The minimum atomic E-state index is -0.0646. The number of pyridine rings is 1. The van der Waals surface area contributed by atoms with Crippen molar-refractivity contribution in [2.45, 2.75) is 27.3 Å². The fourth-order valence-corrected chi connectivity index (χ4v) is 3.31. The van der Waals surface area contributed by atoms with Crippen LogP contribution in [-0.4, -0.2) is 25.1 Å². The molecular weight excluding hydrogens is 314 g/mol. The molecule has 25 heavy (non-hydrogen) atoms. The second-order valence-corrected chi connectivity index (χ2v) is 6.30. The molecule has 1 amide bonds. The van der Waals surface area contributed by atoms with Crippen molar-refractivity contribution in [3.05, 3.63) is 59.5 Å². The highest BCUT2D eigenvalue weighted by Gasteiger charge is 2.12. The van der Waals surface area contributed by atoms with Gasteiger partial charge in [0.2, 0.25) is 5.91 Å². The van der Waals surface area contributed by atoms with E-state index in [2.05, 4.69) is 49.6 Å². The fourth-order valence-electron chi connectivity index (χ4n) is 3.31. The van der Waals surface area contributed by atoms with E-state index in [9.17, 15) is 4.79 Å². The van der Waals surface area contributed by atoms with E-state index in [1.54, 1.807) is 0 Å². The Labute approximate surface area is 145 Å². The van der Waals surface area contributed by atoms with Gasteiger partial charge in [-0.3, -0.25) is 9.20 Å². The summed E-state index contributed by atoms with van der Waals surface area (Å²) in [5, 5.41) is 11.2. The van der Waals surface area contributed by atoms with E-state index in [1.807, 2.05) is 31.2 Å². The van der Waals surface area contributed by atoms with Crippen molar-refractivity contribution in [2.24, 2.45) is 0 Å². The zero-order chi connectivity index (χ0) is 17.6. The van der Waals surface area contributed by atoms with Gasteiger partial charge in [-0.25, -0.2) is 0 Å². The number of amides is 1. The maximum Gasteiger partial charge on any atom is 0.221 e. The summed E-state index contributed by atoms with van der Waals surface area (Å²) in [5.74, 6) is 0.815. The van der Waals surface area contributed by atoms with Gasteiger partial charge >= 0.3 is 0 Å². The number of carbonyl (C=O) groups is 1. The van der Waals surface area contributed by atoms with Crippen molar-refractivity contribution in [2.75, 3.05) is 5.32 Å². The Kier molecular flexibility index (Phi) is 3.53. The monoisotopic (exact) mass is 333 g/mol. The van der Waals surface area contributed by atoms with Crippen LogP contribution in [0, 0.1) is 13.8 Å². The average Bonchev–Trinajstić information content (AvgIpc) is 3.08. The maximum atomic E-state index is 11.3. The van der Waals surface area contributed by atoms with Crippen LogP contribution in [0.4, 0.5) is 5.69 Å². The lowest BCUT2D eigenvalue weighted by atomic mass is 10.2. The molecule has 0 bridgehead atoms. The maximum absolute atomic E-state index is 11.3. The van der Waals surface area contributed by atoms with Gasteiger partial charge in [0.1, 0.15) is 5.82 Å². The summed E-state index contributed by atoms with van der Waals surface area (Å²) in [6.07, 6.45) is 0. The Hall–Kier alpha value is -3.15. The van der Waals surface area contributed by atoms with Crippen LogP contribution >= 0.6 is 0 Å². The van der Waals surface area contributed by atoms with Crippen LogP contribution in [-0.2, 0) is 11.3 Å². The summed E-state index contributed by atoms with van der Waals surface area (Å²) in [6, 6.07) is 14.2. The lowest BCUT2D eigenvalue weighted by Crippen LogP contribution is -2.07. The number of aryl methyl sites for hydroxylation is 2. The third-order valence-electron chi connectivity index (χ3n) is 4.39. The Morgan fingerprint density at radius 1 is 1.08 bits per heavy atom. The van der Waals surface area contributed by atoms with E-state index in [4.69, 9.17) is 0 Å². The zero-order valence-corrected chi connectivity index (χ0v) is 14.4. The summed E-state index contributed by atoms with van der Waals surface area (Å²) >= 11 is 0. The first-order chi connectivity index (χ1) is 12.0. The van der Waals surface area contributed by atoms with Crippen molar-refractivity contribution in [3.8, 4) is 0 Å². The van der Waals surface area contributed by atoms with Crippen molar-refractivity contribution < 1.29 is 4.79 Å². The van der Waals surface area contributed by atoms with Crippen molar-refractivity contribution in [3.63, 3.8) is 0 Å². The predicted molar refractivity (Wildman–Crippen MR) is 97.8 cm³/mol. The molecular formula is C19H19N5O. The van der Waals surface area contributed by atoms with Crippen LogP contribution in [0.25, 0.3) is 16.7 Å². The number of nitrogens with one attached hydrogen (secondary N) is 1. The minimum Gasteiger partial charge on any atom is -0.339 e. The topological polar surface area (TPSA) is 64.2 Å². The normalized spacial score (nSPS) is 11.3. The number of rotatable bonds is 3. The van der Waals surface area contributed by atoms with E-state index in [-0.39, 0.29) is 5.91 Å². The predicted octanol–water partition coefficient (Wildman–Crippen LogP) is 3.31. The second kappa shape index (κ2) is 5.73. The Bertz CT molecular complexity index is 1110. The number of hydrogen-bond acceptors (Lipinski definition) is 3. The number of benzene rings is 1. The third-order valence-corrected chi connectivity index (χ3v) is 4.39. The summed E-state index contributed by atoms with van der Waals surface area (Å²) in [4.78, 5) is 11.3. The first-order valence-corrected chi connectivity index (χ1v) is 8.20. The highest BCUT2D eigenvalue weighted by atomic mass is 16.1. The molecule has 0 aliphatic heterocycles. The van der Waals surface area contributed by atoms with Gasteiger partial charge in [0.25, 0.3) is 0 Å². The first-order valence-electron chi connectivity index (χ1n) is 8.20. The molecule has 0 aliphatic rings. The summed E-state index contributed by atoms with van der Waals surface area (Å²) in [7, 11) is 0.